The second kappa shape index (κ2) is 7.72. The number of esters is 1. The van der Waals surface area contributed by atoms with E-state index in [1.165, 1.54) is 6.92 Å². The standard InChI is InChI=1S/C18H27N3O4/c1-11(22)24-16-6-5-12(13-7-8-20-10-14(13)19)9-15(16)21-17(23)25-18(2,3)4/h7-8,10,12,15-16H,5-6,9,19H2,1-4H3,(H,21,23). The van der Waals surface area contributed by atoms with Crippen molar-refractivity contribution in [2.75, 3.05) is 5.73 Å². The fraction of sp³-hybridized carbons (Fsp3) is 0.611. The molecule has 3 atom stereocenters. The van der Waals surface area contributed by atoms with Crippen molar-refractivity contribution in [2.24, 2.45) is 0 Å². The predicted octanol–water partition coefficient (Wildman–Crippen LogP) is 2.76. The van der Waals surface area contributed by atoms with E-state index in [1.54, 1.807) is 33.2 Å². The number of hydrogen-bond acceptors (Lipinski definition) is 6. The van der Waals surface area contributed by atoms with Gasteiger partial charge < -0.3 is 20.5 Å². The Morgan fingerprint density at radius 1 is 1.32 bits per heavy atom. The van der Waals surface area contributed by atoms with E-state index in [9.17, 15) is 9.59 Å². The van der Waals surface area contributed by atoms with Gasteiger partial charge in [-0.25, -0.2) is 4.79 Å². The summed E-state index contributed by atoms with van der Waals surface area (Å²) in [6, 6.07) is 1.57. The normalized spacial score (nSPS) is 23.6. The lowest BCUT2D eigenvalue weighted by Crippen LogP contribution is -2.49. The number of anilines is 1. The summed E-state index contributed by atoms with van der Waals surface area (Å²) in [5.41, 5.74) is 7.08. The smallest absolute Gasteiger partial charge is 0.408 e. The molecule has 1 saturated carbocycles. The number of nitrogen functional groups attached to an aromatic ring is 1. The fourth-order valence-electron chi connectivity index (χ4n) is 3.18. The number of carbonyl (C=O) groups excluding carboxylic acids is 2. The molecular formula is C18H27N3O4. The van der Waals surface area contributed by atoms with Crippen LogP contribution in [0.4, 0.5) is 10.5 Å². The highest BCUT2D eigenvalue weighted by Crippen LogP contribution is 2.36. The highest BCUT2D eigenvalue weighted by molar-refractivity contribution is 5.69. The monoisotopic (exact) mass is 349 g/mol. The Balaban J connectivity index is 2.12. The molecule has 1 aromatic rings. The van der Waals surface area contributed by atoms with Crippen molar-refractivity contribution in [1.29, 1.82) is 0 Å². The van der Waals surface area contributed by atoms with Crippen LogP contribution >= 0.6 is 0 Å². The summed E-state index contributed by atoms with van der Waals surface area (Å²) in [6.07, 6.45) is 4.53. The molecule has 0 saturated heterocycles. The van der Waals surface area contributed by atoms with E-state index in [2.05, 4.69) is 10.3 Å². The highest BCUT2D eigenvalue weighted by atomic mass is 16.6. The van der Waals surface area contributed by atoms with Crippen molar-refractivity contribution < 1.29 is 19.1 Å². The van der Waals surface area contributed by atoms with Crippen LogP contribution in [-0.2, 0) is 14.3 Å². The van der Waals surface area contributed by atoms with E-state index in [-0.39, 0.29) is 24.0 Å². The number of nitrogens with one attached hydrogen (secondary N) is 1. The maximum Gasteiger partial charge on any atom is 0.408 e. The minimum Gasteiger partial charge on any atom is -0.460 e. The molecule has 1 fully saturated rings. The molecule has 3 unspecified atom stereocenters. The van der Waals surface area contributed by atoms with Crippen molar-refractivity contribution >= 4 is 17.7 Å². The molecule has 138 valence electrons. The van der Waals surface area contributed by atoms with Gasteiger partial charge in [0.25, 0.3) is 0 Å². The zero-order valence-corrected chi connectivity index (χ0v) is 15.2. The molecule has 1 heterocycles. The third-order valence-corrected chi connectivity index (χ3v) is 4.13. The van der Waals surface area contributed by atoms with Crippen LogP contribution in [0.1, 0.15) is 58.4 Å². The summed E-state index contributed by atoms with van der Waals surface area (Å²) in [6.45, 7) is 6.78. The first-order valence-electron chi connectivity index (χ1n) is 8.52. The number of aromatic nitrogens is 1. The summed E-state index contributed by atoms with van der Waals surface area (Å²) < 4.78 is 10.7. The molecule has 1 aliphatic carbocycles. The molecule has 7 heteroatoms. The molecule has 0 aliphatic heterocycles. The van der Waals surface area contributed by atoms with E-state index in [4.69, 9.17) is 15.2 Å². The van der Waals surface area contributed by atoms with Gasteiger partial charge in [-0.15, -0.1) is 0 Å². The lowest BCUT2D eigenvalue weighted by molar-refractivity contribution is -0.149. The molecule has 3 N–H and O–H groups in total. The van der Waals surface area contributed by atoms with Gasteiger partial charge in [0.2, 0.25) is 0 Å². The van der Waals surface area contributed by atoms with Gasteiger partial charge in [0, 0.05) is 13.1 Å². The van der Waals surface area contributed by atoms with E-state index < -0.39 is 11.7 Å². The Morgan fingerprint density at radius 2 is 2.04 bits per heavy atom. The van der Waals surface area contributed by atoms with Crippen LogP contribution in [0.2, 0.25) is 0 Å². The number of hydrogen-bond donors (Lipinski definition) is 2. The number of alkyl carbamates (subject to hydrolysis) is 1. The third-order valence-electron chi connectivity index (χ3n) is 4.13. The van der Waals surface area contributed by atoms with Crippen LogP contribution in [0.15, 0.2) is 18.5 Å². The van der Waals surface area contributed by atoms with Crippen molar-refractivity contribution in [2.45, 2.75) is 70.6 Å². The molecule has 1 amide bonds. The van der Waals surface area contributed by atoms with Crippen LogP contribution in [0.3, 0.4) is 0 Å². The zero-order valence-electron chi connectivity index (χ0n) is 15.2. The quantitative estimate of drug-likeness (QED) is 0.813. The maximum absolute atomic E-state index is 12.2. The molecule has 1 aromatic heterocycles. The summed E-state index contributed by atoms with van der Waals surface area (Å²) in [7, 11) is 0. The van der Waals surface area contributed by atoms with Gasteiger partial charge in [0.1, 0.15) is 11.7 Å². The number of carbonyl (C=O) groups is 2. The zero-order chi connectivity index (χ0) is 18.6. The molecule has 0 radical (unpaired) electrons. The Morgan fingerprint density at radius 3 is 2.64 bits per heavy atom. The van der Waals surface area contributed by atoms with Gasteiger partial charge in [0.05, 0.1) is 17.9 Å². The van der Waals surface area contributed by atoms with Gasteiger partial charge in [0.15, 0.2) is 0 Å². The minimum absolute atomic E-state index is 0.162. The van der Waals surface area contributed by atoms with Gasteiger partial charge in [-0.1, -0.05) is 0 Å². The van der Waals surface area contributed by atoms with Crippen molar-refractivity contribution in [3.8, 4) is 0 Å². The number of nitrogens with zero attached hydrogens (tertiary/aromatic N) is 1. The van der Waals surface area contributed by atoms with Gasteiger partial charge >= 0.3 is 12.1 Å². The van der Waals surface area contributed by atoms with Gasteiger partial charge in [-0.05, 0) is 57.6 Å². The number of amides is 1. The Labute approximate surface area is 148 Å². The molecule has 0 aromatic carbocycles. The Hall–Kier alpha value is -2.31. The summed E-state index contributed by atoms with van der Waals surface area (Å²) >= 11 is 0. The first-order valence-corrected chi connectivity index (χ1v) is 8.52. The largest absolute Gasteiger partial charge is 0.460 e. The second-order valence-corrected chi connectivity index (χ2v) is 7.42. The molecular weight excluding hydrogens is 322 g/mol. The van der Waals surface area contributed by atoms with Crippen LogP contribution in [0.5, 0.6) is 0 Å². The molecule has 7 nitrogen and oxygen atoms in total. The topological polar surface area (TPSA) is 104 Å². The average molecular weight is 349 g/mol. The number of pyridine rings is 1. The Kier molecular flexibility index (Phi) is 5.87. The van der Waals surface area contributed by atoms with E-state index >= 15 is 0 Å². The van der Waals surface area contributed by atoms with Crippen LogP contribution in [0, 0.1) is 0 Å². The van der Waals surface area contributed by atoms with E-state index in [0.29, 0.717) is 18.5 Å². The summed E-state index contributed by atoms with van der Waals surface area (Å²) in [4.78, 5) is 27.6. The van der Waals surface area contributed by atoms with Crippen molar-refractivity contribution in [1.82, 2.24) is 10.3 Å². The Bertz CT molecular complexity index is 627. The second-order valence-electron chi connectivity index (χ2n) is 7.42. The number of rotatable bonds is 3. The number of ether oxygens (including phenoxy) is 2. The van der Waals surface area contributed by atoms with E-state index in [1.807, 2.05) is 6.07 Å². The number of nitrogens with two attached hydrogens (primary N) is 1. The summed E-state index contributed by atoms with van der Waals surface area (Å²) in [5, 5.41) is 2.86. The van der Waals surface area contributed by atoms with Gasteiger partial charge in [-0.2, -0.15) is 0 Å². The van der Waals surface area contributed by atoms with Crippen LogP contribution in [0.25, 0.3) is 0 Å². The van der Waals surface area contributed by atoms with Crippen LogP contribution in [-0.4, -0.2) is 34.8 Å². The predicted molar refractivity (Wildman–Crippen MR) is 94.0 cm³/mol. The van der Waals surface area contributed by atoms with Crippen molar-refractivity contribution in [3.05, 3.63) is 24.0 Å². The lowest BCUT2D eigenvalue weighted by Gasteiger charge is -2.36. The summed E-state index contributed by atoms with van der Waals surface area (Å²) in [5.74, 6) is -0.197. The third kappa shape index (κ3) is 5.62. The van der Waals surface area contributed by atoms with Crippen LogP contribution < -0.4 is 11.1 Å². The molecule has 0 bridgehead atoms. The molecule has 0 spiro atoms. The SMILES string of the molecule is CC(=O)OC1CCC(c2ccncc2N)CC1NC(=O)OC(C)(C)C. The molecule has 2 rings (SSSR count). The minimum atomic E-state index is -0.593. The lowest BCUT2D eigenvalue weighted by atomic mass is 9.79. The first kappa shape index (κ1) is 19.0. The molecule has 25 heavy (non-hydrogen) atoms. The maximum atomic E-state index is 12.2. The van der Waals surface area contributed by atoms with Crippen molar-refractivity contribution in [3.63, 3.8) is 0 Å². The fourth-order valence-corrected chi connectivity index (χ4v) is 3.18. The highest BCUT2D eigenvalue weighted by Gasteiger charge is 2.35. The average Bonchev–Trinajstić information content (AvgIpc) is 2.47. The first-order chi connectivity index (χ1) is 11.7. The van der Waals surface area contributed by atoms with E-state index in [0.717, 1.165) is 12.0 Å². The molecule has 1 aliphatic rings. The van der Waals surface area contributed by atoms with Gasteiger partial charge in [-0.3, -0.25) is 9.78 Å².